The van der Waals surface area contributed by atoms with E-state index in [2.05, 4.69) is 5.32 Å². The van der Waals surface area contributed by atoms with Crippen molar-refractivity contribution in [3.05, 3.63) is 59.2 Å². The zero-order valence-electron chi connectivity index (χ0n) is 22.5. The number of carbonyl (C=O) groups is 2. The summed E-state index contributed by atoms with van der Waals surface area (Å²) in [5.41, 5.74) is 2.77. The summed E-state index contributed by atoms with van der Waals surface area (Å²) in [5, 5.41) is 3.11. The van der Waals surface area contributed by atoms with Crippen LogP contribution in [0.5, 0.6) is 5.75 Å². The maximum absolute atomic E-state index is 13.8. The van der Waals surface area contributed by atoms with Gasteiger partial charge in [-0.15, -0.1) is 0 Å². The highest BCUT2D eigenvalue weighted by Gasteiger charge is 2.32. The number of aryl methyl sites for hydroxylation is 2. The monoisotopic (exact) mass is 529 g/mol. The highest BCUT2D eigenvalue weighted by atomic mass is 32.2. The van der Waals surface area contributed by atoms with Gasteiger partial charge in [0.1, 0.15) is 18.3 Å². The van der Waals surface area contributed by atoms with Crippen LogP contribution in [0.4, 0.5) is 5.69 Å². The zero-order valence-corrected chi connectivity index (χ0v) is 23.3. The van der Waals surface area contributed by atoms with E-state index in [0.29, 0.717) is 11.4 Å². The molecule has 0 saturated heterocycles. The van der Waals surface area contributed by atoms with Gasteiger partial charge in [0.25, 0.3) is 0 Å². The fourth-order valence-corrected chi connectivity index (χ4v) is 5.86. The highest BCUT2D eigenvalue weighted by molar-refractivity contribution is 7.92. The van der Waals surface area contributed by atoms with Crippen LogP contribution < -0.4 is 14.4 Å². The first-order valence-electron chi connectivity index (χ1n) is 12.8. The van der Waals surface area contributed by atoms with Crippen LogP contribution in [0, 0.1) is 13.8 Å². The summed E-state index contributed by atoms with van der Waals surface area (Å²) in [6.07, 6.45) is 6.27. The number of sulfonamides is 1. The molecule has 1 atom stereocenters. The fourth-order valence-electron chi connectivity index (χ4n) is 4.89. The Morgan fingerprint density at radius 3 is 2.27 bits per heavy atom. The van der Waals surface area contributed by atoms with E-state index in [1.807, 2.05) is 50.2 Å². The summed E-state index contributed by atoms with van der Waals surface area (Å²) in [6.45, 7) is 5.06. The van der Waals surface area contributed by atoms with Gasteiger partial charge in [-0.05, 0) is 62.4 Å². The lowest BCUT2D eigenvalue weighted by atomic mass is 9.95. The second-order valence-electron chi connectivity index (χ2n) is 9.90. The maximum atomic E-state index is 13.8. The minimum atomic E-state index is -3.78. The second-order valence-corrected chi connectivity index (χ2v) is 11.8. The molecule has 1 N–H and O–H groups in total. The minimum Gasteiger partial charge on any atom is -0.497 e. The normalized spacial score (nSPS) is 15.1. The molecule has 1 aliphatic carbocycles. The molecule has 0 spiro atoms. The fraction of sp³-hybridized carbons (Fsp3) is 0.500. The molecule has 8 nitrogen and oxygen atoms in total. The van der Waals surface area contributed by atoms with E-state index in [1.54, 1.807) is 20.1 Å². The number of benzene rings is 2. The largest absolute Gasteiger partial charge is 0.497 e. The first-order chi connectivity index (χ1) is 17.5. The number of para-hydroxylation sites is 1. The summed E-state index contributed by atoms with van der Waals surface area (Å²) < 4.78 is 32.2. The number of carbonyl (C=O) groups excluding carboxylic acids is 2. The number of hydrogen-bond acceptors (Lipinski definition) is 5. The van der Waals surface area contributed by atoms with Crippen molar-refractivity contribution in [2.24, 2.45) is 0 Å². The van der Waals surface area contributed by atoms with Crippen LogP contribution in [-0.2, 0) is 26.2 Å². The first kappa shape index (κ1) is 28.5. The molecule has 1 unspecified atom stereocenters. The third kappa shape index (κ3) is 7.47. The molecule has 0 bridgehead atoms. The summed E-state index contributed by atoms with van der Waals surface area (Å²) in [7, 11) is -2.21. The van der Waals surface area contributed by atoms with Crippen molar-refractivity contribution in [2.45, 2.75) is 71.5 Å². The van der Waals surface area contributed by atoms with Crippen LogP contribution >= 0.6 is 0 Å². The van der Waals surface area contributed by atoms with E-state index in [1.165, 1.54) is 11.3 Å². The lowest BCUT2D eigenvalue weighted by Crippen LogP contribution is -2.53. The van der Waals surface area contributed by atoms with Gasteiger partial charge in [0.05, 0.1) is 19.1 Å². The van der Waals surface area contributed by atoms with Crippen LogP contribution in [-0.4, -0.2) is 57.1 Å². The summed E-state index contributed by atoms with van der Waals surface area (Å²) in [5.74, 6) is -0.0548. The zero-order chi connectivity index (χ0) is 27.2. The van der Waals surface area contributed by atoms with E-state index in [4.69, 9.17) is 4.74 Å². The van der Waals surface area contributed by atoms with E-state index in [0.717, 1.165) is 52.9 Å². The van der Waals surface area contributed by atoms with Gasteiger partial charge in [-0.2, -0.15) is 0 Å². The lowest BCUT2D eigenvalue weighted by molar-refractivity contribution is -0.139. The van der Waals surface area contributed by atoms with Crippen molar-refractivity contribution in [3.63, 3.8) is 0 Å². The minimum absolute atomic E-state index is 0.0969. The van der Waals surface area contributed by atoms with Crippen LogP contribution in [0.25, 0.3) is 0 Å². The Balaban J connectivity index is 1.92. The van der Waals surface area contributed by atoms with E-state index in [9.17, 15) is 18.0 Å². The number of amides is 2. The Kier molecular flexibility index (Phi) is 9.59. The Morgan fingerprint density at radius 1 is 1.05 bits per heavy atom. The van der Waals surface area contributed by atoms with E-state index in [-0.39, 0.29) is 18.5 Å². The van der Waals surface area contributed by atoms with Crippen LogP contribution in [0.15, 0.2) is 42.5 Å². The number of ether oxygens (including phenoxy) is 1. The molecule has 3 rings (SSSR count). The quantitative estimate of drug-likeness (QED) is 0.503. The van der Waals surface area contributed by atoms with Gasteiger partial charge in [-0.25, -0.2) is 8.42 Å². The van der Waals surface area contributed by atoms with Gasteiger partial charge in [0, 0.05) is 12.6 Å². The highest BCUT2D eigenvalue weighted by Crippen LogP contribution is 2.27. The molecule has 0 aromatic heterocycles. The molecule has 202 valence electrons. The smallest absolute Gasteiger partial charge is 0.244 e. The number of nitrogens with one attached hydrogen (secondary N) is 1. The Bertz CT molecular complexity index is 1190. The van der Waals surface area contributed by atoms with Crippen molar-refractivity contribution in [2.75, 3.05) is 24.2 Å². The second kappa shape index (κ2) is 12.4. The predicted octanol–water partition coefficient (Wildman–Crippen LogP) is 3.94. The Hall–Kier alpha value is -3.07. The molecule has 1 fully saturated rings. The molecule has 0 radical (unpaired) electrons. The molecular weight excluding hydrogens is 490 g/mol. The topological polar surface area (TPSA) is 96.0 Å². The molecule has 2 aromatic rings. The predicted molar refractivity (Wildman–Crippen MR) is 146 cm³/mol. The Labute approximate surface area is 221 Å². The lowest BCUT2D eigenvalue weighted by Gasteiger charge is -2.33. The maximum Gasteiger partial charge on any atom is 0.244 e. The number of anilines is 1. The standard InChI is InChI=1S/C28H39N3O5S/c1-20-11-9-12-21(2)27(20)31(37(5,34)35)19-26(32)30(18-23-13-10-16-25(17-23)36-4)22(3)28(33)29-24-14-7-6-8-15-24/h9-13,16-17,22,24H,6-8,14-15,18-19H2,1-5H3,(H,29,33). The van der Waals surface area contributed by atoms with E-state index < -0.39 is 28.5 Å². The summed E-state index contributed by atoms with van der Waals surface area (Å²) in [6, 6.07) is 12.1. The van der Waals surface area contributed by atoms with Crippen molar-refractivity contribution < 1.29 is 22.7 Å². The van der Waals surface area contributed by atoms with Crippen molar-refractivity contribution in [3.8, 4) is 5.75 Å². The summed E-state index contributed by atoms with van der Waals surface area (Å²) >= 11 is 0. The molecule has 1 aliphatic rings. The Morgan fingerprint density at radius 2 is 1.68 bits per heavy atom. The molecule has 1 saturated carbocycles. The van der Waals surface area contributed by atoms with Gasteiger partial charge in [-0.1, -0.05) is 49.6 Å². The number of rotatable bonds is 10. The number of nitrogens with zero attached hydrogens (tertiary/aromatic N) is 2. The third-order valence-corrected chi connectivity index (χ3v) is 8.09. The number of methoxy groups -OCH3 is 1. The van der Waals surface area contributed by atoms with Crippen molar-refractivity contribution in [1.29, 1.82) is 0 Å². The first-order valence-corrected chi connectivity index (χ1v) is 14.6. The van der Waals surface area contributed by atoms with Gasteiger partial charge in [0.15, 0.2) is 0 Å². The number of hydrogen-bond donors (Lipinski definition) is 1. The SMILES string of the molecule is COc1cccc(CN(C(=O)CN(c2c(C)cccc2C)S(C)(=O)=O)C(C)C(=O)NC2CCCCC2)c1. The van der Waals surface area contributed by atoms with Crippen LogP contribution in [0.2, 0.25) is 0 Å². The van der Waals surface area contributed by atoms with Gasteiger partial charge in [0.2, 0.25) is 21.8 Å². The third-order valence-electron chi connectivity index (χ3n) is 6.97. The van der Waals surface area contributed by atoms with Crippen LogP contribution in [0.1, 0.15) is 55.7 Å². The summed E-state index contributed by atoms with van der Waals surface area (Å²) in [4.78, 5) is 28.5. The average Bonchev–Trinajstić information content (AvgIpc) is 2.86. The van der Waals surface area contributed by atoms with Crippen molar-refractivity contribution >= 4 is 27.5 Å². The van der Waals surface area contributed by atoms with Gasteiger partial charge in [-0.3, -0.25) is 13.9 Å². The van der Waals surface area contributed by atoms with Crippen LogP contribution in [0.3, 0.4) is 0 Å². The van der Waals surface area contributed by atoms with E-state index >= 15 is 0 Å². The van der Waals surface area contributed by atoms with Crippen molar-refractivity contribution in [1.82, 2.24) is 10.2 Å². The molecule has 2 amide bonds. The molecule has 9 heteroatoms. The van der Waals surface area contributed by atoms with Gasteiger partial charge >= 0.3 is 0 Å². The molecule has 0 heterocycles. The molecule has 2 aromatic carbocycles. The molecule has 37 heavy (non-hydrogen) atoms. The molecule has 0 aliphatic heterocycles. The molecular formula is C28H39N3O5S. The average molecular weight is 530 g/mol. The van der Waals surface area contributed by atoms with Gasteiger partial charge < -0.3 is 15.0 Å².